The van der Waals surface area contributed by atoms with Gasteiger partial charge in [-0.1, -0.05) is 48.0 Å². The molecule has 1 N–H and O–H groups in total. The van der Waals surface area contributed by atoms with E-state index in [0.717, 1.165) is 27.9 Å². The molecule has 0 bridgehead atoms. The lowest BCUT2D eigenvalue weighted by molar-refractivity contribution is 0.596. The molecule has 1 heterocycles. The number of benzene rings is 3. The zero-order chi connectivity index (χ0) is 16.7. The van der Waals surface area contributed by atoms with E-state index in [2.05, 4.69) is 5.32 Å². The van der Waals surface area contributed by atoms with Crippen LogP contribution in [-0.4, -0.2) is 8.42 Å². The number of hydrogen-bond donors (Lipinski definition) is 1. The van der Waals surface area contributed by atoms with Crippen molar-refractivity contribution in [1.29, 1.82) is 0 Å². The molecule has 120 valence electrons. The van der Waals surface area contributed by atoms with Crippen LogP contribution < -0.4 is 5.32 Å². The van der Waals surface area contributed by atoms with Gasteiger partial charge < -0.3 is 5.32 Å². The van der Waals surface area contributed by atoms with Crippen molar-refractivity contribution in [3.63, 3.8) is 0 Å². The molecule has 1 aliphatic heterocycles. The molecule has 0 unspecified atom stereocenters. The van der Waals surface area contributed by atoms with Crippen molar-refractivity contribution in [3.05, 3.63) is 77.9 Å². The van der Waals surface area contributed by atoms with Gasteiger partial charge in [0.25, 0.3) is 0 Å². The zero-order valence-electron chi connectivity index (χ0n) is 13.3. The molecule has 0 saturated carbocycles. The Kier molecular flexibility index (Phi) is 3.43. The van der Waals surface area contributed by atoms with Gasteiger partial charge in [0, 0.05) is 17.8 Å². The summed E-state index contributed by atoms with van der Waals surface area (Å²) in [5.41, 5.74) is 4.76. The van der Waals surface area contributed by atoms with Gasteiger partial charge in [-0.05, 0) is 42.3 Å². The molecular formula is C20H17NO2S. The molecule has 0 saturated heterocycles. The van der Waals surface area contributed by atoms with Gasteiger partial charge in [0.15, 0.2) is 0 Å². The van der Waals surface area contributed by atoms with E-state index in [1.165, 1.54) is 0 Å². The highest BCUT2D eigenvalue weighted by molar-refractivity contribution is 7.91. The lowest BCUT2D eigenvalue weighted by Crippen LogP contribution is -2.12. The third kappa shape index (κ3) is 2.31. The van der Waals surface area contributed by atoms with Crippen LogP contribution in [0.5, 0.6) is 0 Å². The zero-order valence-corrected chi connectivity index (χ0v) is 14.1. The van der Waals surface area contributed by atoms with Crippen molar-refractivity contribution >= 4 is 15.5 Å². The molecule has 0 aromatic heterocycles. The van der Waals surface area contributed by atoms with Gasteiger partial charge in [0.05, 0.1) is 9.79 Å². The number of fused-ring (bicyclic) bond motifs is 3. The molecule has 3 nitrogen and oxygen atoms in total. The molecule has 0 atom stereocenters. The molecule has 24 heavy (non-hydrogen) atoms. The molecule has 0 fully saturated rings. The van der Waals surface area contributed by atoms with E-state index in [1.807, 2.05) is 49.4 Å². The second kappa shape index (κ2) is 5.49. The van der Waals surface area contributed by atoms with Gasteiger partial charge in [0.1, 0.15) is 0 Å². The first-order chi connectivity index (χ1) is 11.6. The number of anilines is 1. The Morgan fingerprint density at radius 2 is 1.62 bits per heavy atom. The summed E-state index contributed by atoms with van der Waals surface area (Å²) in [5, 5.41) is 3.33. The molecule has 4 rings (SSSR count). The van der Waals surface area contributed by atoms with Crippen molar-refractivity contribution in [2.75, 3.05) is 5.32 Å². The summed E-state index contributed by atoms with van der Waals surface area (Å²) in [4.78, 5) is 0.674. The van der Waals surface area contributed by atoms with Gasteiger partial charge in [-0.25, -0.2) is 8.42 Å². The molecule has 4 heteroatoms. The van der Waals surface area contributed by atoms with Gasteiger partial charge in [-0.15, -0.1) is 0 Å². The van der Waals surface area contributed by atoms with Crippen LogP contribution in [0.1, 0.15) is 11.1 Å². The highest BCUT2D eigenvalue weighted by Crippen LogP contribution is 2.41. The van der Waals surface area contributed by atoms with Crippen LogP contribution in [0.4, 0.5) is 5.69 Å². The molecule has 1 aliphatic rings. The number of hydrogen-bond acceptors (Lipinski definition) is 3. The second-order valence-corrected chi connectivity index (χ2v) is 7.92. The Bertz CT molecular complexity index is 1020. The van der Waals surface area contributed by atoms with E-state index < -0.39 is 9.84 Å². The number of sulfone groups is 1. The first-order valence-electron chi connectivity index (χ1n) is 7.84. The molecule has 0 radical (unpaired) electrons. The van der Waals surface area contributed by atoms with Crippen molar-refractivity contribution in [2.45, 2.75) is 23.3 Å². The third-order valence-corrected chi connectivity index (χ3v) is 6.22. The summed E-state index contributed by atoms with van der Waals surface area (Å²) in [6, 6.07) is 20.4. The average Bonchev–Trinajstić information content (AvgIpc) is 2.61. The third-order valence-electron chi connectivity index (χ3n) is 4.40. The SMILES string of the molecule is Cc1ccc(S(=O)(=O)c2cccc3c2-c2ccccc2CN3)cc1. The fourth-order valence-electron chi connectivity index (χ4n) is 3.13. The highest BCUT2D eigenvalue weighted by Gasteiger charge is 2.26. The molecule has 3 aromatic rings. The molecular weight excluding hydrogens is 318 g/mol. The van der Waals surface area contributed by atoms with Gasteiger partial charge in [0.2, 0.25) is 9.84 Å². The predicted molar refractivity (Wildman–Crippen MR) is 95.8 cm³/mol. The van der Waals surface area contributed by atoms with Crippen LogP contribution in [0.25, 0.3) is 11.1 Å². The fourth-order valence-corrected chi connectivity index (χ4v) is 4.63. The highest BCUT2D eigenvalue weighted by atomic mass is 32.2. The number of aryl methyl sites for hydroxylation is 1. The van der Waals surface area contributed by atoms with Crippen LogP contribution in [0, 0.1) is 6.92 Å². The first-order valence-corrected chi connectivity index (χ1v) is 9.32. The minimum atomic E-state index is -3.58. The number of rotatable bonds is 2. The Morgan fingerprint density at radius 3 is 2.42 bits per heavy atom. The summed E-state index contributed by atoms with van der Waals surface area (Å²) in [7, 11) is -3.58. The van der Waals surface area contributed by atoms with Crippen molar-refractivity contribution in [2.24, 2.45) is 0 Å². The van der Waals surface area contributed by atoms with E-state index >= 15 is 0 Å². The Balaban J connectivity index is 1.97. The van der Waals surface area contributed by atoms with E-state index in [0.29, 0.717) is 16.3 Å². The van der Waals surface area contributed by atoms with Crippen molar-refractivity contribution in [3.8, 4) is 11.1 Å². The first kappa shape index (κ1) is 15.0. The predicted octanol–water partition coefficient (Wildman–Crippen LogP) is 4.42. The van der Waals surface area contributed by atoms with Crippen LogP contribution in [0.3, 0.4) is 0 Å². The molecule has 0 aliphatic carbocycles. The summed E-state index contributed by atoms with van der Waals surface area (Å²) < 4.78 is 26.4. The quantitative estimate of drug-likeness (QED) is 0.754. The maximum absolute atomic E-state index is 13.2. The standard InChI is InChI=1S/C20H17NO2S/c1-14-9-11-16(12-10-14)24(22,23)19-8-4-7-18-20(19)17-6-3-2-5-15(17)13-21-18/h2-12,21H,13H2,1H3. The largest absolute Gasteiger partial charge is 0.380 e. The maximum Gasteiger partial charge on any atom is 0.207 e. The lowest BCUT2D eigenvalue weighted by atomic mass is 9.95. The van der Waals surface area contributed by atoms with Crippen LogP contribution in [0.15, 0.2) is 76.5 Å². The summed E-state index contributed by atoms with van der Waals surface area (Å²) >= 11 is 0. The fraction of sp³-hybridized carbons (Fsp3) is 0.100. The maximum atomic E-state index is 13.2. The number of nitrogens with one attached hydrogen (secondary N) is 1. The minimum Gasteiger partial charge on any atom is -0.380 e. The molecule has 3 aromatic carbocycles. The lowest BCUT2D eigenvalue weighted by Gasteiger charge is -2.24. The monoisotopic (exact) mass is 335 g/mol. The Labute approximate surface area is 141 Å². The van der Waals surface area contributed by atoms with E-state index in [9.17, 15) is 8.42 Å². The smallest absolute Gasteiger partial charge is 0.207 e. The van der Waals surface area contributed by atoms with Crippen LogP contribution in [-0.2, 0) is 16.4 Å². The van der Waals surface area contributed by atoms with E-state index in [4.69, 9.17) is 0 Å². The minimum absolute atomic E-state index is 0.324. The average molecular weight is 335 g/mol. The Hall–Kier alpha value is -2.59. The van der Waals surface area contributed by atoms with Gasteiger partial charge in [-0.3, -0.25) is 0 Å². The normalized spacial score (nSPS) is 12.9. The van der Waals surface area contributed by atoms with Crippen molar-refractivity contribution in [1.82, 2.24) is 0 Å². The van der Waals surface area contributed by atoms with Crippen LogP contribution in [0.2, 0.25) is 0 Å². The van der Waals surface area contributed by atoms with Crippen LogP contribution >= 0.6 is 0 Å². The van der Waals surface area contributed by atoms with Gasteiger partial charge in [-0.2, -0.15) is 0 Å². The summed E-state index contributed by atoms with van der Waals surface area (Å²) in [6.07, 6.45) is 0. The summed E-state index contributed by atoms with van der Waals surface area (Å²) in [5.74, 6) is 0. The molecule has 0 amide bonds. The Morgan fingerprint density at radius 1 is 0.875 bits per heavy atom. The van der Waals surface area contributed by atoms with Gasteiger partial charge >= 0.3 is 0 Å². The van der Waals surface area contributed by atoms with E-state index in [-0.39, 0.29) is 0 Å². The topological polar surface area (TPSA) is 46.2 Å². The van der Waals surface area contributed by atoms with Crippen molar-refractivity contribution < 1.29 is 8.42 Å². The summed E-state index contributed by atoms with van der Waals surface area (Å²) in [6.45, 7) is 2.65. The second-order valence-electron chi connectivity index (χ2n) is 6.01. The van der Waals surface area contributed by atoms with E-state index in [1.54, 1.807) is 24.3 Å². The molecule has 0 spiro atoms.